The van der Waals surface area contributed by atoms with E-state index < -0.39 is 13.0 Å². The fourth-order valence-electron chi connectivity index (χ4n) is 2.29. The first-order valence-electron chi connectivity index (χ1n) is 5.89. The van der Waals surface area contributed by atoms with Crippen molar-refractivity contribution in [1.29, 1.82) is 0 Å². The van der Waals surface area contributed by atoms with E-state index in [2.05, 4.69) is 21.7 Å². The third kappa shape index (κ3) is 3.72. The molecule has 0 aromatic carbocycles. The van der Waals surface area contributed by atoms with Crippen LogP contribution in [0.5, 0.6) is 0 Å². The minimum atomic E-state index is -2.36. The number of likely N-dealkylation sites (tertiary alicyclic amines) is 1. The molecule has 0 aliphatic carbocycles. The monoisotopic (exact) mass is 261 g/mol. The van der Waals surface area contributed by atoms with Crippen molar-refractivity contribution in [3.05, 3.63) is 22.4 Å². The molecule has 1 unspecified atom stereocenters. The fraction of sp³-hybridized carbons (Fsp3) is 0.667. The summed E-state index contributed by atoms with van der Waals surface area (Å²) in [7, 11) is 0. The molecule has 2 rings (SSSR count). The number of rotatable bonds is 6. The van der Waals surface area contributed by atoms with Gasteiger partial charge in [-0.1, -0.05) is 0 Å². The lowest BCUT2D eigenvalue weighted by Crippen LogP contribution is -2.27. The molecule has 0 bridgehead atoms. The molecule has 1 aliphatic heterocycles. The van der Waals surface area contributed by atoms with Gasteiger partial charge < -0.3 is 4.74 Å². The molecule has 1 aromatic heterocycles. The molecule has 0 spiro atoms. The first-order valence-corrected chi connectivity index (χ1v) is 6.83. The number of thiophene rings is 1. The van der Waals surface area contributed by atoms with Crippen LogP contribution in [0.3, 0.4) is 0 Å². The molecule has 1 saturated heterocycles. The van der Waals surface area contributed by atoms with E-state index in [1.807, 2.05) is 0 Å². The predicted molar refractivity (Wildman–Crippen MR) is 64.7 cm³/mol. The molecule has 5 heteroatoms. The molecular weight excluding hydrogens is 244 g/mol. The Hall–Kier alpha value is -0.520. The zero-order valence-corrected chi connectivity index (χ0v) is 10.5. The number of ether oxygens (including phenoxy) is 1. The zero-order valence-electron chi connectivity index (χ0n) is 9.65. The van der Waals surface area contributed by atoms with Crippen LogP contribution in [0.4, 0.5) is 8.78 Å². The van der Waals surface area contributed by atoms with Crippen LogP contribution in [0, 0.1) is 0 Å². The standard InChI is InChI=1S/C12H17F2NOS/c13-12(14)8-16-6-5-15-4-1-2-11(15)10-3-7-17-9-10/h3,7,9,11-12H,1-2,4-6,8H2. The molecule has 0 amide bonds. The molecule has 0 N–H and O–H groups in total. The average Bonchev–Trinajstić information content (AvgIpc) is 2.94. The molecule has 1 fully saturated rings. The zero-order chi connectivity index (χ0) is 12.1. The minimum Gasteiger partial charge on any atom is -0.374 e. The van der Waals surface area contributed by atoms with Gasteiger partial charge in [-0.25, -0.2) is 8.78 Å². The Morgan fingerprint density at radius 1 is 1.53 bits per heavy atom. The number of hydrogen-bond donors (Lipinski definition) is 0. The summed E-state index contributed by atoms with van der Waals surface area (Å²) in [6.07, 6.45) is -0.0257. The number of nitrogens with zero attached hydrogens (tertiary/aromatic N) is 1. The van der Waals surface area contributed by atoms with Crippen LogP contribution in [-0.4, -0.2) is 37.6 Å². The van der Waals surface area contributed by atoms with Gasteiger partial charge in [0.2, 0.25) is 0 Å². The number of alkyl halides is 2. The maximum Gasteiger partial charge on any atom is 0.261 e. The van der Waals surface area contributed by atoms with Gasteiger partial charge in [0.1, 0.15) is 6.61 Å². The fourth-order valence-corrected chi connectivity index (χ4v) is 3.00. The first-order chi connectivity index (χ1) is 8.27. The third-order valence-electron chi connectivity index (χ3n) is 3.06. The van der Waals surface area contributed by atoms with Crippen molar-refractivity contribution in [3.63, 3.8) is 0 Å². The van der Waals surface area contributed by atoms with Crippen LogP contribution in [0.15, 0.2) is 16.8 Å². The van der Waals surface area contributed by atoms with E-state index in [0.717, 1.165) is 19.5 Å². The van der Waals surface area contributed by atoms with Crippen LogP contribution >= 0.6 is 11.3 Å². The first kappa shape index (κ1) is 12.9. The summed E-state index contributed by atoms with van der Waals surface area (Å²) in [6.45, 7) is 1.73. The molecule has 0 saturated carbocycles. The molecule has 96 valence electrons. The Bertz CT molecular complexity index is 318. The Morgan fingerprint density at radius 2 is 2.41 bits per heavy atom. The van der Waals surface area contributed by atoms with Gasteiger partial charge in [0.15, 0.2) is 0 Å². The van der Waals surface area contributed by atoms with Gasteiger partial charge in [-0.2, -0.15) is 11.3 Å². The minimum absolute atomic E-state index is 0.394. The molecular formula is C12H17F2NOS. The van der Waals surface area contributed by atoms with E-state index in [1.54, 1.807) is 11.3 Å². The van der Waals surface area contributed by atoms with E-state index in [4.69, 9.17) is 4.74 Å². The predicted octanol–water partition coefficient (Wildman–Crippen LogP) is 3.17. The third-order valence-corrected chi connectivity index (χ3v) is 3.76. The second kappa shape index (κ2) is 6.42. The van der Waals surface area contributed by atoms with Crippen LogP contribution in [0.2, 0.25) is 0 Å². The van der Waals surface area contributed by atoms with E-state index in [0.29, 0.717) is 12.6 Å². The molecule has 1 aromatic rings. The molecule has 1 aliphatic rings. The van der Waals surface area contributed by atoms with Gasteiger partial charge in [0.25, 0.3) is 6.43 Å². The van der Waals surface area contributed by atoms with Crippen molar-refractivity contribution in [3.8, 4) is 0 Å². The maximum atomic E-state index is 11.9. The SMILES string of the molecule is FC(F)COCCN1CCCC1c1ccsc1. The quantitative estimate of drug-likeness (QED) is 0.729. The Kier molecular flexibility index (Phi) is 4.88. The van der Waals surface area contributed by atoms with Crippen molar-refractivity contribution in [2.45, 2.75) is 25.3 Å². The molecule has 0 radical (unpaired) electrons. The lowest BCUT2D eigenvalue weighted by molar-refractivity contribution is 0.00869. The van der Waals surface area contributed by atoms with Gasteiger partial charge in [-0.05, 0) is 41.8 Å². The summed E-state index contributed by atoms with van der Waals surface area (Å²) in [6, 6.07) is 2.60. The average molecular weight is 261 g/mol. The molecule has 2 heterocycles. The van der Waals surface area contributed by atoms with Crippen LogP contribution < -0.4 is 0 Å². The van der Waals surface area contributed by atoms with Gasteiger partial charge in [-0.3, -0.25) is 4.90 Å². The van der Waals surface area contributed by atoms with Crippen LogP contribution in [0.25, 0.3) is 0 Å². The highest BCUT2D eigenvalue weighted by Gasteiger charge is 2.25. The highest BCUT2D eigenvalue weighted by atomic mass is 32.1. The highest BCUT2D eigenvalue weighted by Crippen LogP contribution is 2.32. The summed E-state index contributed by atoms with van der Waals surface area (Å²) in [5.74, 6) is 0. The Balaban J connectivity index is 1.76. The van der Waals surface area contributed by atoms with Crippen molar-refractivity contribution >= 4 is 11.3 Å². The smallest absolute Gasteiger partial charge is 0.261 e. The molecule has 1 atom stereocenters. The van der Waals surface area contributed by atoms with Crippen LogP contribution in [-0.2, 0) is 4.74 Å². The number of hydrogen-bond acceptors (Lipinski definition) is 3. The summed E-state index contributed by atoms with van der Waals surface area (Å²) < 4.78 is 28.7. The van der Waals surface area contributed by atoms with Crippen molar-refractivity contribution in [1.82, 2.24) is 4.90 Å². The Labute approximate surface area is 104 Å². The van der Waals surface area contributed by atoms with E-state index in [1.165, 1.54) is 12.0 Å². The van der Waals surface area contributed by atoms with E-state index in [-0.39, 0.29) is 0 Å². The van der Waals surface area contributed by atoms with Crippen molar-refractivity contribution in [2.24, 2.45) is 0 Å². The lowest BCUT2D eigenvalue weighted by Gasteiger charge is -2.23. The molecule has 2 nitrogen and oxygen atoms in total. The maximum absolute atomic E-state index is 11.9. The summed E-state index contributed by atoms with van der Waals surface area (Å²) in [5.41, 5.74) is 1.35. The summed E-state index contributed by atoms with van der Waals surface area (Å²) in [5, 5.41) is 4.25. The molecule has 17 heavy (non-hydrogen) atoms. The van der Waals surface area contributed by atoms with Gasteiger partial charge in [-0.15, -0.1) is 0 Å². The largest absolute Gasteiger partial charge is 0.374 e. The summed E-state index contributed by atoms with van der Waals surface area (Å²) >= 11 is 1.70. The summed E-state index contributed by atoms with van der Waals surface area (Å²) in [4.78, 5) is 2.33. The highest BCUT2D eigenvalue weighted by molar-refractivity contribution is 7.07. The second-order valence-corrected chi connectivity index (χ2v) is 5.00. The van der Waals surface area contributed by atoms with Crippen molar-refractivity contribution in [2.75, 3.05) is 26.3 Å². The topological polar surface area (TPSA) is 12.5 Å². The second-order valence-electron chi connectivity index (χ2n) is 4.22. The number of halogens is 2. The van der Waals surface area contributed by atoms with E-state index >= 15 is 0 Å². The Morgan fingerprint density at radius 3 is 3.12 bits per heavy atom. The van der Waals surface area contributed by atoms with E-state index in [9.17, 15) is 8.78 Å². The normalized spacial score (nSPS) is 21.5. The lowest BCUT2D eigenvalue weighted by atomic mass is 10.1. The van der Waals surface area contributed by atoms with Crippen LogP contribution in [0.1, 0.15) is 24.4 Å². The van der Waals surface area contributed by atoms with Gasteiger partial charge in [0, 0.05) is 12.6 Å². The van der Waals surface area contributed by atoms with Crippen molar-refractivity contribution < 1.29 is 13.5 Å². The van der Waals surface area contributed by atoms with Gasteiger partial charge in [0.05, 0.1) is 6.61 Å². The van der Waals surface area contributed by atoms with Gasteiger partial charge >= 0.3 is 0 Å².